The molecular weight excluding hydrogens is 247 g/mol. The minimum absolute atomic E-state index is 0.169. The second kappa shape index (κ2) is 5.11. The van der Waals surface area contributed by atoms with E-state index in [0.29, 0.717) is 23.1 Å². The fraction of sp³-hybridized carbons (Fsp3) is 0.200. The van der Waals surface area contributed by atoms with Crippen LogP contribution < -0.4 is 10.6 Å². The first-order valence-corrected chi connectivity index (χ1v) is 5.26. The number of benzene rings is 1. The van der Waals surface area contributed by atoms with Crippen LogP contribution in [0.4, 0.5) is 16.1 Å². The molecule has 0 aliphatic heterocycles. The monoisotopic (exact) mass is 256 g/mol. The lowest BCUT2D eigenvalue weighted by molar-refractivity contribution is 0.493. The molecule has 0 fully saturated rings. The Bertz CT molecular complexity index is 517. The van der Waals surface area contributed by atoms with Crippen LogP contribution in [0, 0.1) is 5.82 Å². The molecule has 2 aromatic rings. The highest BCUT2D eigenvalue weighted by molar-refractivity contribution is 6.33. The number of halogens is 2. The van der Waals surface area contributed by atoms with Gasteiger partial charge in [-0.2, -0.15) is 0 Å². The number of hydrogen-bond donors (Lipinski definition) is 2. The predicted octanol–water partition coefficient (Wildman–Crippen LogP) is 2.33. The summed E-state index contributed by atoms with van der Waals surface area (Å²) in [5, 5.41) is 13.5. The minimum Gasteiger partial charge on any atom is -0.406 e. The van der Waals surface area contributed by atoms with Crippen molar-refractivity contribution in [1.29, 1.82) is 0 Å². The zero-order valence-corrected chi connectivity index (χ0v) is 9.75. The highest BCUT2D eigenvalue weighted by Crippen LogP contribution is 2.25. The Labute approximate surface area is 102 Å². The Balaban J connectivity index is 2.16. The van der Waals surface area contributed by atoms with Crippen LogP contribution in [-0.2, 0) is 6.54 Å². The maximum Gasteiger partial charge on any atom is 0.320 e. The van der Waals surface area contributed by atoms with Crippen molar-refractivity contribution in [3.05, 3.63) is 34.9 Å². The van der Waals surface area contributed by atoms with Crippen molar-refractivity contribution in [1.82, 2.24) is 15.5 Å². The van der Waals surface area contributed by atoms with Gasteiger partial charge in [0, 0.05) is 0 Å². The van der Waals surface area contributed by atoms with E-state index in [2.05, 4.69) is 20.8 Å². The Morgan fingerprint density at radius 3 is 3.00 bits per heavy atom. The van der Waals surface area contributed by atoms with Crippen LogP contribution >= 0.6 is 11.6 Å². The lowest BCUT2D eigenvalue weighted by Gasteiger charge is -2.03. The highest BCUT2D eigenvalue weighted by Gasteiger charge is 2.08. The van der Waals surface area contributed by atoms with Gasteiger partial charge in [0.15, 0.2) is 0 Å². The standard InChI is InChI=1S/C10H10ClFN4O/c1-13-5-9-15-16-10(17-9)14-8-4-6(12)2-3-7(8)11/h2-4,13H,5H2,1H3,(H,14,16). The highest BCUT2D eigenvalue weighted by atomic mass is 35.5. The summed E-state index contributed by atoms with van der Waals surface area (Å²) in [6, 6.07) is 4.14. The van der Waals surface area contributed by atoms with Crippen LogP contribution in [0.2, 0.25) is 5.02 Å². The minimum atomic E-state index is -0.396. The Hall–Kier alpha value is -1.66. The Morgan fingerprint density at radius 1 is 1.41 bits per heavy atom. The molecule has 17 heavy (non-hydrogen) atoms. The first-order valence-electron chi connectivity index (χ1n) is 4.88. The van der Waals surface area contributed by atoms with Gasteiger partial charge in [0.25, 0.3) is 0 Å². The van der Waals surface area contributed by atoms with Gasteiger partial charge in [-0.15, -0.1) is 5.10 Å². The van der Waals surface area contributed by atoms with Crippen molar-refractivity contribution in [2.75, 3.05) is 12.4 Å². The largest absolute Gasteiger partial charge is 0.406 e. The van der Waals surface area contributed by atoms with Crippen LogP contribution in [-0.4, -0.2) is 17.2 Å². The summed E-state index contributed by atoms with van der Waals surface area (Å²) in [5.74, 6) is 0.0365. The molecule has 2 rings (SSSR count). The molecule has 0 saturated carbocycles. The summed E-state index contributed by atoms with van der Waals surface area (Å²) < 4.78 is 18.2. The topological polar surface area (TPSA) is 63.0 Å². The van der Waals surface area contributed by atoms with Gasteiger partial charge in [-0.05, 0) is 25.2 Å². The van der Waals surface area contributed by atoms with Crippen LogP contribution in [0.5, 0.6) is 0 Å². The smallest absolute Gasteiger partial charge is 0.320 e. The van der Waals surface area contributed by atoms with E-state index in [4.69, 9.17) is 16.0 Å². The van der Waals surface area contributed by atoms with Crippen molar-refractivity contribution in [3.63, 3.8) is 0 Å². The molecule has 1 heterocycles. The van der Waals surface area contributed by atoms with Gasteiger partial charge in [-0.25, -0.2) is 4.39 Å². The van der Waals surface area contributed by atoms with Gasteiger partial charge in [0.2, 0.25) is 5.89 Å². The van der Waals surface area contributed by atoms with E-state index in [1.807, 2.05) is 0 Å². The number of anilines is 2. The first-order chi connectivity index (χ1) is 8.19. The Morgan fingerprint density at radius 2 is 2.24 bits per heavy atom. The number of hydrogen-bond acceptors (Lipinski definition) is 5. The molecule has 0 saturated heterocycles. The molecule has 0 radical (unpaired) electrons. The molecule has 0 aliphatic rings. The molecule has 1 aromatic heterocycles. The van der Waals surface area contributed by atoms with Gasteiger partial charge < -0.3 is 15.1 Å². The summed E-state index contributed by atoms with van der Waals surface area (Å²) in [4.78, 5) is 0. The lowest BCUT2D eigenvalue weighted by Crippen LogP contribution is -2.04. The van der Waals surface area contributed by atoms with Crippen molar-refractivity contribution in [3.8, 4) is 0 Å². The van der Waals surface area contributed by atoms with Crippen LogP contribution in [0.3, 0.4) is 0 Å². The molecule has 0 bridgehead atoms. The molecule has 1 aromatic carbocycles. The molecule has 5 nitrogen and oxygen atoms in total. The number of rotatable bonds is 4. The molecule has 0 atom stereocenters. The van der Waals surface area contributed by atoms with Gasteiger partial charge in [0.05, 0.1) is 17.3 Å². The van der Waals surface area contributed by atoms with E-state index >= 15 is 0 Å². The van der Waals surface area contributed by atoms with E-state index in [9.17, 15) is 4.39 Å². The zero-order valence-electron chi connectivity index (χ0n) is 9.00. The maximum atomic E-state index is 13.0. The molecule has 7 heteroatoms. The SMILES string of the molecule is CNCc1nnc(Nc2cc(F)ccc2Cl)o1. The molecule has 0 spiro atoms. The normalized spacial score (nSPS) is 10.5. The fourth-order valence-corrected chi connectivity index (χ4v) is 1.40. The fourth-order valence-electron chi connectivity index (χ4n) is 1.24. The first kappa shape index (κ1) is 11.8. The molecule has 0 unspecified atom stereocenters. The van der Waals surface area contributed by atoms with Gasteiger partial charge >= 0.3 is 6.01 Å². The summed E-state index contributed by atoms with van der Waals surface area (Å²) in [6.07, 6.45) is 0. The summed E-state index contributed by atoms with van der Waals surface area (Å²) in [6.45, 7) is 0.464. The molecule has 2 N–H and O–H groups in total. The average Bonchev–Trinajstić information content (AvgIpc) is 2.72. The van der Waals surface area contributed by atoms with Crippen molar-refractivity contribution in [2.24, 2.45) is 0 Å². The van der Waals surface area contributed by atoms with Gasteiger partial charge in [-0.3, -0.25) is 0 Å². The molecular formula is C10H10ClFN4O. The van der Waals surface area contributed by atoms with Crippen LogP contribution in [0.1, 0.15) is 5.89 Å². The second-order valence-corrected chi connectivity index (χ2v) is 3.69. The van der Waals surface area contributed by atoms with E-state index in [-0.39, 0.29) is 6.01 Å². The molecule has 0 amide bonds. The zero-order chi connectivity index (χ0) is 12.3. The maximum absolute atomic E-state index is 13.0. The number of nitrogens with zero attached hydrogens (tertiary/aromatic N) is 2. The van der Waals surface area contributed by atoms with Gasteiger partial charge in [0.1, 0.15) is 5.82 Å². The number of nitrogens with one attached hydrogen (secondary N) is 2. The van der Waals surface area contributed by atoms with Crippen LogP contribution in [0.15, 0.2) is 22.6 Å². The van der Waals surface area contributed by atoms with Gasteiger partial charge in [-0.1, -0.05) is 16.7 Å². The van der Waals surface area contributed by atoms with Crippen molar-refractivity contribution in [2.45, 2.75) is 6.54 Å². The second-order valence-electron chi connectivity index (χ2n) is 3.28. The third-order valence-electron chi connectivity index (χ3n) is 1.96. The summed E-state index contributed by atoms with van der Waals surface area (Å²) in [5.41, 5.74) is 0.381. The van der Waals surface area contributed by atoms with Crippen LogP contribution in [0.25, 0.3) is 0 Å². The summed E-state index contributed by atoms with van der Waals surface area (Å²) >= 11 is 5.88. The Kier molecular flexibility index (Phi) is 3.55. The predicted molar refractivity (Wildman–Crippen MR) is 61.8 cm³/mol. The number of aromatic nitrogens is 2. The quantitative estimate of drug-likeness (QED) is 0.879. The third-order valence-corrected chi connectivity index (χ3v) is 2.29. The molecule has 90 valence electrons. The molecule has 0 aliphatic carbocycles. The third kappa shape index (κ3) is 2.92. The van der Waals surface area contributed by atoms with E-state index in [1.165, 1.54) is 18.2 Å². The van der Waals surface area contributed by atoms with E-state index in [1.54, 1.807) is 7.05 Å². The average molecular weight is 257 g/mol. The lowest BCUT2D eigenvalue weighted by atomic mass is 10.3. The van der Waals surface area contributed by atoms with E-state index in [0.717, 1.165) is 0 Å². The van der Waals surface area contributed by atoms with Crippen molar-refractivity contribution >= 4 is 23.3 Å². The van der Waals surface area contributed by atoms with E-state index < -0.39 is 5.82 Å². The summed E-state index contributed by atoms with van der Waals surface area (Å²) in [7, 11) is 1.76. The van der Waals surface area contributed by atoms with Crippen molar-refractivity contribution < 1.29 is 8.81 Å².